The molecule has 1 atom stereocenters. The molecule has 1 aliphatic heterocycles. The van der Waals surface area contributed by atoms with Crippen molar-refractivity contribution in [3.63, 3.8) is 0 Å². The van der Waals surface area contributed by atoms with Gasteiger partial charge in [0.15, 0.2) is 17.7 Å². The van der Waals surface area contributed by atoms with Crippen LogP contribution in [0.1, 0.15) is 26.3 Å². The summed E-state index contributed by atoms with van der Waals surface area (Å²) in [7, 11) is 0. The Morgan fingerprint density at radius 2 is 2.04 bits per heavy atom. The van der Waals surface area contributed by atoms with E-state index < -0.39 is 6.10 Å². The molecule has 7 nitrogen and oxygen atoms in total. The molecule has 0 radical (unpaired) electrons. The topological polar surface area (TPSA) is 97.5 Å². The highest BCUT2D eigenvalue weighted by Crippen LogP contribution is 2.34. The number of fused-ring (bicyclic) bond motifs is 1. The van der Waals surface area contributed by atoms with Gasteiger partial charge in [-0.25, -0.2) is 4.98 Å². The van der Waals surface area contributed by atoms with Crippen LogP contribution in [0.15, 0.2) is 36.4 Å². The van der Waals surface area contributed by atoms with Crippen LogP contribution in [0.4, 0.5) is 17.3 Å². The van der Waals surface area contributed by atoms with E-state index in [2.05, 4.69) is 10.3 Å². The number of ether oxygens (including phenoxy) is 1. The van der Waals surface area contributed by atoms with Crippen molar-refractivity contribution in [1.82, 2.24) is 4.98 Å². The van der Waals surface area contributed by atoms with Crippen molar-refractivity contribution in [2.24, 2.45) is 5.92 Å². The van der Waals surface area contributed by atoms with Crippen LogP contribution in [0.3, 0.4) is 0 Å². The fourth-order valence-electron chi connectivity index (χ4n) is 3.04. The molecule has 1 aliphatic rings. The Bertz CT molecular complexity index is 866. The number of nitrogens with two attached hydrogens (primary N) is 1. The van der Waals surface area contributed by atoms with E-state index >= 15 is 0 Å². The average molecular weight is 368 g/mol. The van der Waals surface area contributed by atoms with Gasteiger partial charge < -0.3 is 15.8 Å². The smallest absolute Gasteiger partial charge is 0.270 e. The summed E-state index contributed by atoms with van der Waals surface area (Å²) < 4.78 is 5.79. The van der Waals surface area contributed by atoms with Crippen molar-refractivity contribution in [3.8, 4) is 5.75 Å². The third-order valence-corrected chi connectivity index (χ3v) is 4.46. The second-order valence-electron chi connectivity index (χ2n) is 6.82. The highest BCUT2D eigenvalue weighted by atomic mass is 16.5. The van der Waals surface area contributed by atoms with Gasteiger partial charge in [-0.3, -0.25) is 14.5 Å². The van der Waals surface area contributed by atoms with Gasteiger partial charge >= 0.3 is 0 Å². The molecule has 2 aromatic rings. The SMILES string of the molecule is CCc1ccccc1NC(=O)CN1C(=O)C(C(C)C)Oc2ccc(N)nc21. The molecule has 1 aromatic heterocycles. The van der Waals surface area contributed by atoms with Crippen molar-refractivity contribution >= 4 is 29.1 Å². The summed E-state index contributed by atoms with van der Waals surface area (Å²) in [6.07, 6.45) is 0.127. The lowest BCUT2D eigenvalue weighted by Crippen LogP contribution is -2.51. The van der Waals surface area contributed by atoms with Gasteiger partial charge in [0.25, 0.3) is 5.91 Å². The van der Waals surface area contributed by atoms with Crippen molar-refractivity contribution in [2.45, 2.75) is 33.3 Å². The number of amides is 2. The lowest BCUT2D eigenvalue weighted by Gasteiger charge is -2.34. The third-order valence-electron chi connectivity index (χ3n) is 4.46. The van der Waals surface area contributed by atoms with Crippen molar-refractivity contribution in [2.75, 3.05) is 22.5 Å². The van der Waals surface area contributed by atoms with Gasteiger partial charge in [0, 0.05) is 5.69 Å². The second-order valence-corrected chi connectivity index (χ2v) is 6.82. The van der Waals surface area contributed by atoms with Crippen LogP contribution in [-0.4, -0.2) is 29.4 Å². The number of carbonyl (C=O) groups is 2. The summed E-state index contributed by atoms with van der Waals surface area (Å²) in [6.45, 7) is 5.65. The van der Waals surface area contributed by atoms with Crippen molar-refractivity contribution in [3.05, 3.63) is 42.0 Å². The number of benzene rings is 1. The first kappa shape index (κ1) is 18.7. The van der Waals surface area contributed by atoms with Crippen LogP contribution >= 0.6 is 0 Å². The van der Waals surface area contributed by atoms with E-state index in [4.69, 9.17) is 10.5 Å². The number of pyridine rings is 1. The molecule has 1 aromatic carbocycles. The molecule has 0 saturated carbocycles. The zero-order valence-electron chi connectivity index (χ0n) is 15.7. The van der Waals surface area contributed by atoms with E-state index in [1.54, 1.807) is 12.1 Å². The maximum absolute atomic E-state index is 12.9. The predicted octanol–water partition coefficient (Wildman–Crippen LogP) is 2.61. The van der Waals surface area contributed by atoms with Crippen molar-refractivity contribution in [1.29, 1.82) is 0 Å². The number of aromatic nitrogens is 1. The minimum atomic E-state index is -0.668. The summed E-state index contributed by atoms with van der Waals surface area (Å²) in [5.41, 5.74) is 7.54. The Kier molecular flexibility index (Phi) is 5.30. The first-order chi connectivity index (χ1) is 12.9. The minimum Gasteiger partial charge on any atom is -0.476 e. The zero-order chi connectivity index (χ0) is 19.6. The number of aryl methyl sites for hydroxylation is 1. The molecule has 0 spiro atoms. The van der Waals surface area contributed by atoms with E-state index in [1.165, 1.54) is 4.90 Å². The molecule has 3 N–H and O–H groups in total. The van der Waals surface area contributed by atoms with Gasteiger partial charge in [-0.1, -0.05) is 39.0 Å². The van der Waals surface area contributed by atoms with Crippen molar-refractivity contribution < 1.29 is 14.3 Å². The molecule has 27 heavy (non-hydrogen) atoms. The fourth-order valence-corrected chi connectivity index (χ4v) is 3.04. The van der Waals surface area contributed by atoms with Gasteiger partial charge in [-0.2, -0.15) is 0 Å². The van der Waals surface area contributed by atoms with Gasteiger partial charge in [-0.15, -0.1) is 0 Å². The number of carbonyl (C=O) groups excluding carboxylic acids is 2. The highest BCUT2D eigenvalue weighted by molar-refractivity contribution is 6.05. The maximum Gasteiger partial charge on any atom is 0.270 e. The molecule has 0 saturated heterocycles. The lowest BCUT2D eigenvalue weighted by atomic mass is 10.0. The molecule has 142 valence electrons. The van der Waals surface area contributed by atoms with Crippen LogP contribution < -0.4 is 20.7 Å². The molecule has 1 unspecified atom stereocenters. The molecule has 0 aliphatic carbocycles. The van der Waals surface area contributed by atoms with Crippen LogP contribution in [0.25, 0.3) is 0 Å². The van der Waals surface area contributed by atoms with E-state index in [1.807, 2.05) is 45.0 Å². The molecule has 7 heteroatoms. The standard InChI is InChI=1S/C20H24N4O3/c1-4-13-7-5-6-8-14(13)22-17(25)11-24-19-15(9-10-16(21)23-19)27-18(12(2)3)20(24)26/h5-10,12,18H,4,11H2,1-3H3,(H2,21,23)(H,22,25). The number of para-hydroxylation sites is 1. The maximum atomic E-state index is 12.9. The molecular formula is C20H24N4O3. The normalized spacial score (nSPS) is 16.1. The Balaban J connectivity index is 1.86. The predicted molar refractivity (Wildman–Crippen MR) is 105 cm³/mol. The number of nitrogens with one attached hydrogen (secondary N) is 1. The highest BCUT2D eigenvalue weighted by Gasteiger charge is 2.38. The Morgan fingerprint density at radius 1 is 1.30 bits per heavy atom. The number of hydrogen-bond acceptors (Lipinski definition) is 5. The van der Waals surface area contributed by atoms with Gasteiger partial charge in [0.05, 0.1) is 0 Å². The summed E-state index contributed by atoms with van der Waals surface area (Å²) >= 11 is 0. The lowest BCUT2D eigenvalue weighted by molar-refractivity contribution is -0.129. The second kappa shape index (κ2) is 7.65. The summed E-state index contributed by atoms with van der Waals surface area (Å²) in [6, 6.07) is 10.9. The monoisotopic (exact) mass is 368 g/mol. The molecule has 2 amide bonds. The van der Waals surface area contributed by atoms with Crippen LogP contribution in [-0.2, 0) is 16.0 Å². The van der Waals surface area contributed by atoms with E-state index in [-0.39, 0.29) is 35.9 Å². The average Bonchev–Trinajstić information content (AvgIpc) is 2.64. The van der Waals surface area contributed by atoms with E-state index in [9.17, 15) is 9.59 Å². The molecule has 0 bridgehead atoms. The quantitative estimate of drug-likeness (QED) is 0.845. The molecule has 0 fully saturated rings. The van der Waals surface area contributed by atoms with Gasteiger partial charge in [0.1, 0.15) is 12.4 Å². The third kappa shape index (κ3) is 3.86. The number of nitrogen functional groups attached to an aromatic ring is 1. The summed E-state index contributed by atoms with van der Waals surface area (Å²) in [5, 5.41) is 2.89. The molecular weight excluding hydrogens is 344 g/mol. The first-order valence-electron chi connectivity index (χ1n) is 9.03. The summed E-state index contributed by atoms with van der Waals surface area (Å²) in [5.74, 6) is 0.336. The van der Waals surface area contributed by atoms with Crippen LogP contribution in [0.5, 0.6) is 5.75 Å². The zero-order valence-corrected chi connectivity index (χ0v) is 15.7. The fraction of sp³-hybridized carbons (Fsp3) is 0.350. The van der Waals surface area contributed by atoms with Crippen LogP contribution in [0, 0.1) is 5.92 Å². The Labute approximate surface area is 158 Å². The van der Waals surface area contributed by atoms with Crippen LogP contribution in [0.2, 0.25) is 0 Å². The molecule has 2 heterocycles. The Morgan fingerprint density at radius 3 is 2.74 bits per heavy atom. The minimum absolute atomic E-state index is 0.0467. The number of rotatable bonds is 5. The van der Waals surface area contributed by atoms with Gasteiger partial charge in [0.2, 0.25) is 5.91 Å². The number of hydrogen-bond donors (Lipinski definition) is 2. The van der Waals surface area contributed by atoms with E-state index in [0.29, 0.717) is 5.75 Å². The van der Waals surface area contributed by atoms with E-state index in [0.717, 1.165) is 17.7 Å². The first-order valence-corrected chi connectivity index (χ1v) is 9.03. The largest absolute Gasteiger partial charge is 0.476 e. The number of anilines is 3. The number of nitrogens with zero attached hydrogens (tertiary/aromatic N) is 2. The summed E-state index contributed by atoms with van der Waals surface area (Å²) in [4.78, 5) is 31.1. The Hall–Kier alpha value is -3.09. The van der Waals surface area contributed by atoms with Gasteiger partial charge in [-0.05, 0) is 36.1 Å². The molecule has 3 rings (SSSR count).